The molecule has 0 amide bonds. The molecule has 0 spiro atoms. The largest absolute Gasteiger partial charge is 0.495 e. The summed E-state index contributed by atoms with van der Waals surface area (Å²) in [5, 5.41) is 3.15. The van der Waals surface area contributed by atoms with E-state index in [2.05, 4.69) is 28.4 Å². The van der Waals surface area contributed by atoms with Gasteiger partial charge in [0.1, 0.15) is 5.75 Å². The third-order valence-corrected chi connectivity index (χ3v) is 2.98. The Balaban J connectivity index is 2.20. The lowest BCUT2D eigenvalue weighted by molar-refractivity contribution is 0.122. The van der Waals surface area contributed by atoms with E-state index in [0.29, 0.717) is 0 Å². The Kier molecular flexibility index (Phi) is 4.23. The third kappa shape index (κ3) is 2.90. The maximum Gasteiger partial charge on any atom is 0.142 e. The zero-order valence-electron chi connectivity index (χ0n) is 10.5. The van der Waals surface area contributed by atoms with E-state index >= 15 is 0 Å². The van der Waals surface area contributed by atoms with Crippen LogP contribution in [-0.4, -0.2) is 40.5 Å². The summed E-state index contributed by atoms with van der Waals surface area (Å²) < 4.78 is 10.8. The summed E-state index contributed by atoms with van der Waals surface area (Å²) in [7, 11) is 3.67. The molecule has 1 saturated heterocycles. The van der Waals surface area contributed by atoms with E-state index in [1.54, 1.807) is 7.11 Å². The molecule has 0 saturated carbocycles. The quantitative estimate of drug-likeness (QED) is 0.853. The second kappa shape index (κ2) is 5.89. The predicted molar refractivity (Wildman–Crippen MR) is 68.8 cm³/mol. The van der Waals surface area contributed by atoms with Gasteiger partial charge in [-0.05, 0) is 24.7 Å². The highest BCUT2D eigenvalue weighted by Crippen LogP contribution is 2.29. The lowest BCUT2D eigenvalue weighted by Gasteiger charge is -2.30. The van der Waals surface area contributed by atoms with Gasteiger partial charge in [0.25, 0.3) is 0 Å². The Labute approximate surface area is 103 Å². The summed E-state index contributed by atoms with van der Waals surface area (Å²) in [6, 6.07) is 6.38. The number of morpholine rings is 1. The van der Waals surface area contributed by atoms with Crippen LogP contribution in [0.15, 0.2) is 18.2 Å². The Morgan fingerprint density at radius 2 is 2.12 bits per heavy atom. The van der Waals surface area contributed by atoms with Crippen LogP contribution in [0.4, 0.5) is 5.69 Å². The first kappa shape index (κ1) is 12.2. The van der Waals surface area contributed by atoms with Gasteiger partial charge in [0, 0.05) is 19.6 Å². The summed E-state index contributed by atoms with van der Waals surface area (Å²) >= 11 is 0. The van der Waals surface area contributed by atoms with E-state index in [-0.39, 0.29) is 0 Å². The molecule has 0 atom stereocenters. The molecule has 1 aliphatic heterocycles. The summed E-state index contributed by atoms with van der Waals surface area (Å²) in [5.74, 6) is 0.944. The Morgan fingerprint density at radius 1 is 1.35 bits per heavy atom. The van der Waals surface area contributed by atoms with Crippen LogP contribution in [0.3, 0.4) is 0 Å². The van der Waals surface area contributed by atoms with Crippen molar-refractivity contribution in [1.82, 2.24) is 5.32 Å². The number of hydrogen-bond donors (Lipinski definition) is 1. The van der Waals surface area contributed by atoms with Crippen LogP contribution in [0.5, 0.6) is 5.75 Å². The highest BCUT2D eigenvalue weighted by atomic mass is 16.5. The first-order valence-electron chi connectivity index (χ1n) is 5.99. The summed E-state index contributed by atoms with van der Waals surface area (Å²) in [4.78, 5) is 2.31. The normalized spacial score (nSPS) is 16.0. The number of ether oxygens (including phenoxy) is 2. The van der Waals surface area contributed by atoms with Crippen molar-refractivity contribution in [3.05, 3.63) is 23.8 Å². The molecule has 1 aliphatic rings. The van der Waals surface area contributed by atoms with Gasteiger partial charge in [0.05, 0.1) is 26.0 Å². The second-order valence-corrected chi connectivity index (χ2v) is 4.14. The Hall–Kier alpha value is -1.26. The van der Waals surface area contributed by atoms with Crippen molar-refractivity contribution >= 4 is 5.69 Å². The van der Waals surface area contributed by atoms with E-state index in [0.717, 1.165) is 44.3 Å². The van der Waals surface area contributed by atoms with Crippen LogP contribution in [0, 0.1) is 0 Å². The fourth-order valence-corrected chi connectivity index (χ4v) is 2.10. The molecular formula is C13H20N2O2. The molecule has 0 radical (unpaired) electrons. The minimum Gasteiger partial charge on any atom is -0.495 e. The number of rotatable bonds is 4. The molecule has 94 valence electrons. The maximum absolute atomic E-state index is 5.48. The highest BCUT2D eigenvalue weighted by Gasteiger charge is 2.15. The smallest absolute Gasteiger partial charge is 0.142 e. The number of nitrogens with zero attached hydrogens (tertiary/aromatic N) is 1. The molecule has 1 fully saturated rings. The minimum absolute atomic E-state index is 0.793. The zero-order chi connectivity index (χ0) is 12.1. The summed E-state index contributed by atoms with van der Waals surface area (Å²) in [6.07, 6.45) is 0. The van der Waals surface area contributed by atoms with Crippen molar-refractivity contribution in [2.24, 2.45) is 0 Å². The molecular weight excluding hydrogens is 216 g/mol. The van der Waals surface area contributed by atoms with Crippen molar-refractivity contribution in [3.63, 3.8) is 0 Å². The van der Waals surface area contributed by atoms with Gasteiger partial charge in [0.2, 0.25) is 0 Å². The average molecular weight is 236 g/mol. The van der Waals surface area contributed by atoms with Crippen molar-refractivity contribution < 1.29 is 9.47 Å². The fourth-order valence-electron chi connectivity index (χ4n) is 2.10. The Bertz CT molecular complexity index is 362. The highest BCUT2D eigenvalue weighted by molar-refractivity contribution is 5.60. The average Bonchev–Trinajstić information content (AvgIpc) is 2.40. The van der Waals surface area contributed by atoms with E-state index in [9.17, 15) is 0 Å². The number of hydrogen-bond acceptors (Lipinski definition) is 4. The van der Waals surface area contributed by atoms with Gasteiger partial charge in [-0.25, -0.2) is 0 Å². The molecule has 2 rings (SSSR count). The lowest BCUT2D eigenvalue weighted by atomic mass is 10.1. The van der Waals surface area contributed by atoms with Crippen LogP contribution < -0.4 is 15.0 Å². The standard InChI is InChI=1S/C13H20N2O2/c1-14-10-11-3-4-12(13(9-11)16-2)15-5-7-17-8-6-15/h3-4,9,14H,5-8,10H2,1-2H3. The van der Waals surface area contributed by atoms with Crippen LogP contribution >= 0.6 is 0 Å². The van der Waals surface area contributed by atoms with Crippen molar-refractivity contribution in [2.45, 2.75) is 6.54 Å². The predicted octanol–water partition coefficient (Wildman–Crippen LogP) is 1.25. The second-order valence-electron chi connectivity index (χ2n) is 4.14. The number of methoxy groups -OCH3 is 1. The van der Waals surface area contributed by atoms with Crippen LogP contribution in [-0.2, 0) is 11.3 Å². The number of benzene rings is 1. The molecule has 0 bridgehead atoms. The molecule has 4 heteroatoms. The van der Waals surface area contributed by atoms with Crippen LogP contribution in [0.25, 0.3) is 0 Å². The summed E-state index contributed by atoms with van der Waals surface area (Å²) in [5.41, 5.74) is 2.40. The van der Waals surface area contributed by atoms with E-state index in [4.69, 9.17) is 9.47 Å². The summed E-state index contributed by atoms with van der Waals surface area (Å²) in [6.45, 7) is 4.31. The van der Waals surface area contributed by atoms with Crippen LogP contribution in [0.2, 0.25) is 0 Å². The third-order valence-electron chi connectivity index (χ3n) is 2.98. The fraction of sp³-hybridized carbons (Fsp3) is 0.538. The topological polar surface area (TPSA) is 33.7 Å². The zero-order valence-corrected chi connectivity index (χ0v) is 10.5. The monoisotopic (exact) mass is 236 g/mol. The molecule has 1 aromatic carbocycles. The van der Waals surface area contributed by atoms with Gasteiger partial charge in [0.15, 0.2) is 0 Å². The van der Waals surface area contributed by atoms with Gasteiger partial charge in [-0.3, -0.25) is 0 Å². The first-order valence-corrected chi connectivity index (χ1v) is 5.99. The van der Waals surface area contributed by atoms with Crippen LogP contribution in [0.1, 0.15) is 5.56 Å². The molecule has 0 unspecified atom stereocenters. The van der Waals surface area contributed by atoms with E-state index in [1.807, 2.05) is 7.05 Å². The van der Waals surface area contributed by atoms with E-state index < -0.39 is 0 Å². The number of nitrogens with one attached hydrogen (secondary N) is 1. The van der Waals surface area contributed by atoms with Gasteiger partial charge < -0.3 is 19.7 Å². The van der Waals surface area contributed by atoms with Crippen molar-refractivity contribution in [1.29, 1.82) is 0 Å². The minimum atomic E-state index is 0.793. The molecule has 0 aromatic heterocycles. The lowest BCUT2D eigenvalue weighted by Crippen LogP contribution is -2.36. The van der Waals surface area contributed by atoms with E-state index in [1.165, 1.54) is 5.56 Å². The van der Waals surface area contributed by atoms with Gasteiger partial charge in [-0.1, -0.05) is 6.07 Å². The molecule has 1 heterocycles. The van der Waals surface area contributed by atoms with Crippen molar-refractivity contribution in [3.8, 4) is 5.75 Å². The SMILES string of the molecule is CNCc1ccc(N2CCOCC2)c(OC)c1. The molecule has 1 N–H and O–H groups in total. The van der Waals surface area contributed by atoms with Gasteiger partial charge in [-0.2, -0.15) is 0 Å². The molecule has 4 nitrogen and oxygen atoms in total. The van der Waals surface area contributed by atoms with Gasteiger partial charge in [-0.15, -0.1) is 0 Å². The maximum atomic E-state index is 5.48. The number of anilines is 1. The molecule has 0 aliphatic carbocycles. The molecule has 17 heavy (non-hydrogen) atoms. The Morgan fingerprint density at radius 3 is 2.76 bits per heavy atom. The van der Waals surface area contributed by atoms with Gasteiger partial charge >= 0.3 is 0 Å². The van der Waals surface area contributed by atoms with Crippen molar-refractivity contribution in [2.75, 3.05) is 45.4 Å². The molecule has 1 aromatic rings. The first-order chi connectivity index (χ1) is 8.35.